The zero-order chi connectivity index (χ0) is 12.5. The summed E-state index contributed by atoms with van der Waals surface area (Å²) >= 11 is 0. The van der Waals surface area contributed by atoms with Gasteiger partial charge < -0.3 is 10.4 Å². The lowest BCUT2D eigenvalue weighted by Gasteiger charge is -2.10. The average Bonchev–Trinajstić information content (AvgIpc) is 2.58. The fourth-order valence-electron chi connectivity index (χ4n) is 1.49. The summed E-state index contributed by atoms with van der Waals surface area (Å²) < 4.78 is 22.3. The highest BCUT2D eigenvalue weighted by molar-refractivity contribution is 7.94. The number of pyridine rings is 1. The summed E-state index contributed by atoms with van der Waals surface area (Å²) in [5.74, 6) is -0.920. The van der Waals surface area contributed by atoms with Crippen molar-refractivity contribution in [1.29, 1.82) is 0 Å². The Hall–Kier alpha value is -1.89. The first kappa shape index (κ1) is 11.6. The Morgan fingerprint density at radius 1 is 1.53 bits per heavy atom. The van der Waals surface area contributed by atoms with Crippen LogP contribution in [0, 0.1) is 0 Å². The van der Waals surface area contributed by atoms with E-state index in [1.54, 1.807) is 0 Å². The van der Waals surface area contributed by atoms with Crippen LogP contribution in [0.2, 0.25) is 0 Å². The second kappa shape index (κ2) is 4.17. The van der Waals surface area contributed by atoms with Crippen LogP contribution >= 0.6 is 0 Å². The highest BCUT2D eigenvalue weighted by atomic mass is 32.2. The fourth-order valence-corrected chi connectivity index (χ4v) is 2.73. The number of hydrogen-bond donors (Lipinski definition) is 2. The van der Waals surface area contributed by atoms with E-state index in [4.69, 9.17) is 0 Å². The second-order valence-corrected chi connectivity index (χ2v) is 5.56. The monoisotopic (exact) mass is 254 g/mol. The molecule has 0 bridgehead atoms. The number of hydrogen-bond acceptors (Lipinski definition) is 5. The highest BCUT2D eigenvalue weighted by Crippen LogP contribution is 2.15. The molecule has 17 heavy (non-hydrogen) atoms. The predicted octanol–water partition coefficient (Wildman–Crippen LogP) is -0.172. The van der Waals surface area contributed by atoms with Crippen molar-refractivity contribution in [2.75, 3.05) is 5.75 Å². The number of aromatic nitrogens is 1. The molecule has 1 amide bonds. The SMILES string of the molecule is O=C(NC1C=CS(=O)(=O)C1)c1ccncc1O. The van der Waals surface area contributed by atoms with Crippen LogP contribution in [0.1, 0.15) is 10.4 Å². The van der Waals surface area contributed by atoms with Gasteiger partial charge in [-0.25, -0.2) is 8.42 Å². The first-order valence-corrected chi connectivity index (χ1v) is 6.54. The van der Waals surface area contributed by atoms with Crippen molar-refractivity contribution in [1.82, 2.24) is 10.3 Å². The van der Waals surface area contributed by atoms with E-state index in [0.717, 1.165) is 11.6 Å². The quantitative estimate of drug-likeness (QED) is 0.763. The minimum absolute atomic E-state index is 0.0673. The molecule has 1 atom stereocenters. The molecule has 2 rings (SSSR count). The van der Waals surface area contributed by atoms with Crippen LogP contribution < -0.4 is 5.32 Å². The van der Waals surface area contributed by atoms with E-state index >= 15 is 0 Å². The smallest absolute Gasteiger partial charge is 0.255 e. The molecule has 90 valence electrons. The molecule has 1 aromatic rings. The molecule has 1 aliphatic rings. The minimum atomic E-state index is -3.20. The first-order valence-electron chi connectivity index (χ1n) is 4.83. The lowest BCUT2D eigenvalue weighted by Crippen LogP contribution is -2.35. The van der Waals surface area contributed by atoms with Gasteiger partial charge in [-0.3, -0.25) is 9.78 Å². The van der Waals surface area contributed by atoms with Gasteiger partial charge in [0.05, 0.1) is 23.6 Å². The summed E-state index contributed by atoms with van der Waals surface area (Å²) in [6.07, 6.45) is 3.93. The standard InChI is InChI=1S/C10H10N2O4S/c13-9-5-11-3-1-8(9)10(14)12-7-2-4-17(15,16)6-7/h1-5,7,13H,6H2,(H,12,14). The molecule has 0 radical (unpaired) electrons. The zero-order valence-electron chi connectivity index (χ0n) is 8.70. The van der Waals surface area contributed by atoms with E-state index in [-0.39, 0.29) is 17.1 Å². The summed E-state index contributed by atoms with van der Waals surface area (Å²) in [6.45, 7) is 0. The molecule has 1 unspecified atom stereocenters. The van der Waals surface area contributed by atoms with Gasteiger partial charge in [0, 0.05) is 11.6 Å². The van der Waals surface area contributed by atoms with E-state index in [2.05, 4.69) is 10.3 Å². The number of rotatable bonds is 2. The summed E-state index contributed by atoms with van der Waals surface area (Å²) in [5, 5.41) is 13.0. The van der Waals surface area contributed by atoms with Crippen molar-refractivity contribution in [2.24, 2.45) is 0 Å². The van der Waals surface area contributed by atoms with Gasteiger partial charge in [0.1, 0.15) is 5.75 Å². The molecule has 1 aliphatic heterocycles. The molecule has 0 saturated carbocycles. The molecule has 0 fully saturated rings. The summed E-state index contributed by atoms with van der Waals surface area (Å²) in [5.41, 5.74) is 0.0673. The molecule has 2 heterocycles. The van der Waals surface area contributed by atoms with E-state index in [9.17, 15) is 18.3 Å². The number of carbonyl (C=O) groups excluding carboxylic acids is 1. The van der Waals surface area contributed by atoms with E-state index in [1.807, 2.05) is 0 Å². The normalized spacial score (nSPS) is 21.3. The fraction of sp³-hybridized carbons (Fsp3) is 0.200. The van der Waals surface area contributed by atoms with Gasteiger partial charge in [-0.1, -0.05) is 0 Å². The van der Waals surface area contributed by atoms with Crippen LogP contribution in [0.15, 0.2) is 29.9 Å². The van der Waals surface area contributed by atoms with Crippen molar-refractivity contribution in [3.05, 3.63) is 35.5 Å². The molecular weight excluding hydrogens is 244 g/mol. The third kappa shape index (κ3) is 2.62. The Bertz CT molecular complexity index is 580. The summed E-state index contributed by atoms with van der Waals surface area (Å²) in [6, 6.07) is 0.803. The van der Waals surface area contributed by atoms with Gasteiger partial charge in [-0.2, -0.15) is 0 Å². The molecule has 0 aromatic carbocycles. The van der Waals surface area contributed by atoms with E-state index in [0.29, 0.717) is 0 Å². The van der Waals surface area contributed by atoms with Crippen molar-refractivity contribution < 1.29 is 18.3 Å². The number of carbonyl (C=O) groups is 1. The maximum absolute atomic E-state index is 11.7. The second-order valence-electron chi connectivity index (χ2n) is 3.63. The largest absolute Gasteiger partial charge is 0.505 e. The molecular formula is C10H10N2O4S. The number of sulfone groups is 1. The van der Waals surface area contributed by atoms with Crippen molar-refractivity contribution >= 4 is 15.7 Å². The Labute approximate surface area is 97.9 Å². The minimum Gasteiger partial charge on any atom is -0.505 e. The first-order chi connectivity index (χ1) is 7.98. The number of aromatic hydroxyl groups is 1. The van der Waals surface area contributed by atoms with Crippen LogP contribution in [-0.2, 0) is 9.84 Å². The van der Waals surface area contributed by atoms with Gasteiger partial charge >= 0.3 is 0 Å². The van der Waals surface area contributed by atoms with E-state index in [1.165, 1.54) is 18.3 Å². The van der Waals surface area contributed by atoms with Crippen molar-refractivity contribution in [3.8, 4) is 5.75 Å². The predicted molar refractivity (Wildman–Crippen MR) is 60.1 cm³/mol. The maximum Gasteiger partial charge on any atom is 0.255 e. The Kier molecular flexibility index (Phi) is 2.84. The van der Waals surface area contributed by atoms with Gasteiger partial charge in [0.25, 0.3) is 5.91 Å². The van der Waals surface area contributed by atoms with Crippen molar-refractivity contribution in [3.63, 3.8) is 0 Å². The van der Waals surface area contributed by atoms with Crippen LogP contribution in [-0.4, -0.2) is 36.2 Å². The number of nitrogens with one attached hydrogen (secondary N) is 1. The number of amides is 1. The van der Waals surface area contributed by atoms with Crippen LogP contribution in [0.4, 0.5) is 0 Å². The van der Waals surface area contributed by atoms with Gasteiger partial charge in [0.15, 0.2) is 9.84 Å². The lowest BCUT2D eigenvalue weighted by atomic mass is 10.2. The third-order valence-corrected chi connectivity index (χ3v) is 3.69. The summed E-state index contributed by atoms with van der Waals surface area (Å²) in [7, 11) is -3.20. The maximum atomic E-state index is 11.7. The van der Waals surface area contributed by atoms with Gasteiger partial charge in [-0.05, 0) is 12.1 Å². The Balaban J connectivity index is 2.09. The molecule has 0 saturated heterocycles. The molecule has 6 nitrogen and oxygen atoms in total. The van der Waals surface area contributed by atoms with Crippen LogP contribution in [0.3, 0.4) is 0 Å². The Morgan fingerprint density at radius 3 is 2.88 bits per heavy atom. The topological polar surface area (TPSA) is 96.4 Å². The zero-order valence-corrected chi connectivity index (χ0v) is 9.52. The van der Waals surface area contributed by atoms with Gasteiger partial charge in [0.2, 0.25) is 0 Å². The molecule has 2 N–H and O–H groups in total. The van der Waals surface area contributed by atoms with Crippen molar-refractivity contribution in [2.45, 2.75) is 6.04 Å². The molecule has 0 aliphatic carbocycles. The van der Waals surface area contributed by atoms with E-state index < -0.39 is 21.8 Å². The lowest BCUT2D eigenvalue weighted by molar-refractivity contribution is 0.0945. The number of nitrogens with zero attached hydrogens (tertiary/aromatic N) is 1. The Morgan fingerprint density at radius 2 is 2.29 bits per heavy atom. The van der Waals surface area contributed by atoms with Gasteiger partial charge in [-0.15, -0.1) is 0 Å². The third-order valence-electron chi connectivity index (χ3n) is 2.29. The van der Waals surface area contributed by atoms with Crippen LogP contribution in [0.5, 0.6) is 5.75 Å². The molecule has 1 aromatic heterocycles. The molecule has 7 heteroatoms. The van der Waals surface area contributed by atoms with Crippen LogP contribution in [0.25, 0.3) is 0 Å². The highest BCUT2D eigenvalue weighted by Gasteiger charge is 2.24. The average molecular weight is 254 g/mol. The molecule has 0 spiro atoms. The summed E-state index contributed by atoms with van der Waals surface area (Å²) in [4.78, 5) is 15.3.